The van der Waals surface area contributed by atoms with Gasteiger partial charge >= 0.3 is 0 Å². The molecule has 0 aliphatic rings. The zero-order chi connectivity index (χ0) is 19.8. The molecule has 0 saturated carbocycles. The Bertz CT molecular complexity index is 1140. The van der Waals surface area contributed by atoms with Crippen molar-refractivity contribution in [2.45, 2.75) is 6.92 Å². The minimum Gasteiger partial charge on any atom is -0.494 e. The predicted octanol–water partition coefficient (Wildman–Crippen LogP) is 1.62. The van der Waals surface area contributed by atoms with Crippen molar-refractivity contribution in [1.82, 2.24) is 14.8 Å². The number of methoxy groups -OCH3 is 1. The number of nitrogens with zero attached hydrogens (tertiary/aromatic N) is 3. The van der Waals surface area contributed by atoms with Gasteiger partial charge in [-0.15, -0.1) is 0 Å². The molecule has 2 heterocycles. The zero-order valence-electron chi connectivity index (χ0n) is 14.4. The molecule has 1 amide bonds. The van der Waals surface area contributed by atoms with Gasteiger partial charge < -0.3 is 10.5 Å². The van der Waals surface area contributed by atoms with Gasteiger partial charge in [-0.25, -0.2) is 18.1 Å². The number of hydrogen-bond donors (Lipinski definition) is 2. The molecule has 1 aromatic carbocycles. The minimum absolute atomic E-state index is 0.227. The predicted molar refractivity (Wildman–Crippen MR) is 102 cm³/mol. The third-order valence-corrected chi connectivity index (χ3v) is 5.15. The molecule has 0 saturated heterocycles. The Kier molecular flexibility index (Phi) is 4.94. The molecule has 0 aliphatic heterocycles. The molecule has 3 N–H and O–H groups in total. The topological polar surface area (TPSA) is 129 Å². The van der Waals surface area contributed by atoms with Gasteiger partial charge in [-0.1, -0.05) is 11.6 Å². The molecular formula is C16H16ClN5O4S. The lowest BCUT2D eigenvalue weighted by Gasteiger charge is -2.13. The number of nitrogens with one attached hydrogen (secondary N) is 1. The normalized spacial score (nSPS) is 11.5. The van der Waals surface area contributed by atoms with Crippen LogP contribution in [0.1, 0.15) is 5.69 Å². The number of rotatable bonds is 6. The number of fused-ring (bicyclic) bond motifs is 1. The van der Waals surface area contributed by atoms with E-state index in [2.05, 4.69) is 14.8 Å². The third-order valence-electron chi connectivity index (χ3n) is 3.73. The summed E-state index contributed by atoms with van der Waals surface area (Å²) >= 11 is 6.00. The molecule has 3 aromatic rings. The maximum Gasteiger partial charge on any atom is 0.241 e. The molecule has 0 bridgehead atoms. The summed E-state index contributed by atoms with van der Waals surface area (Å²) in [7, 11) is -2.45. The molecule has 0 radical (unpaired) electrons. The largest absolute Gasteiger partial charge is 0.494 e. The lowest BCUT2D eigenvalue weighted by Crippen LogP contribution is -2.27. The number of anilines is 1. The average molecular weight is 410 g/mol. The van der Waals surface area contributed by atoms with Crippen LogP contribution >= 0.6 is 11.6 Å². The molecular weight excluding hydrogens is 394 g/mol. The van der Waals surface area contributed by atoms with Crippen molar-refractivity contribution in [3.8, 4) is 11.4 Å². The van der Waals surface area contributed by atoms with Gasteiger partial charge in [0.25, 0.3) is 0 Å². The van der Waals surface area contributed by atoms with E-state index in [0.29, 0.717) is 16.6 Å². The van der Waals surface area contributed by atoms with Crippen molar-refractivity contribution < 1.29 is 17.9 Å². The monoisotopic (exact) mass is 409 g/mol. The third kappa shape index (κ3) is 3.96. The second kappa shape index (κ2) is 7.05. The molecule has 0 spiro atoms. The molecule has 9 nitrogen and oxygen atoms in total. The molecule has 27 heavy (non-hydrogen) atoms. The highest BCUT2D eigenvalue weighted by Crippen LogP contribution is 2.31. The quantitative estimate of drug-likeness (QED) is 0.595. The summed E-state index contributed by atoms with van der Waals surface area (Å²) in [4.78, 5) is 14.9. The van der Waals surface area contributed by atoms with Gasteiger partial charge in [-0.05, 0) is 19.1 Å². The maximum atomic E-state index is 11.9. The highest BCUT2D eigenvalue weighted by molar-refractivity contribution is 7.93. The van der Waals surface area contributed by atoms with Crippen molar-refractivity contribution in [1.29, 1.82) is 0 Å². The van der Waals surface area contributed by atoms with Gasteiger partial charge in [0.2, 0.25) is 15.9 Å². The second-order valence-corrected chi connectivity index (χ2v) is 7.85. The molecule has 0 aliphatic carbocycles. The number of carbonyl (C=O) groups is 1. The lowest BCUT2D eigenvalue weighted by atomic mass is 10.2. The maximum absolute atomic E-state index is 11.9. The van der Waals surface area contributed by atoms with E-state index in [0.717, 1.165) is 16.6 Å². The smallest absolute Gasteiger partial charge is 0.241 e. The van der Waals surface area contributed by atoms with Gasteiger partial charge in [0.1, 0.15) is 22.3 Å². The van der Waals surface area contributed by atoms with Crippen molar-refractivity contribution in [3.63, 3.8) is 0 Å². The highest BCUT2D eigenvalue weighted by Gasteiger charge is 2.17. The summed E-state index contributed by atoms with van der Waals surface area (Å²) in [6, 6.07) is 6.34. The van der Waals surface area contributed by atoms with Gasteiger partial charge in [-0.3, -0.25) is 9.52 Å². The number of carbonyl (C=O) groups excluding carboxylic acids is 1. The van der Waals surface area contributed by atoms with E-state index in [1.165, 1.54) is 19.2 Å². The van der Waals surface area contributed by atoms with E-state index in [1.54, 1.807) is 23.0 Å². The van der Waals surface area contributed by atoms with Crippen LogP contribution in [0.5, 0.6) is 5.75 Å². The molecule has 2 aromatic heterocycles. The van der Waals surface area contributed by atoms with E-state index >= 15 is 0 Å². The Hall–Kier alpha value is -2.85. The van der Waals surface area contributed by atoms with Crippen molar-refractivity contribution in [3.05, 3.63) is 41.3 Å². The Morgan fingerprint density at radius 2 is 2.11 bits per heavy atom. The van der Waals surface area contributed by atoms with Gasteiger partial charge in [0, 0.05) is 23.7 Å². The van der Waals surface area contributed by atoms with Gasteiger partial charge in [0.05, 0.1) is 24.0 Å². The van der Waals surface area contributed by atoms with Crippen LogP contribution < -0.4 is 15.2 Å². The SMILES string of the molecule is COc1cc(NS(=O)(=O)CC(N)=O)ccc1-n1nc(C)c2cnc(Cl)cc21. The highest BCUT2D eigenvalue weighted by atomic mass is 35.5. The van der Waals surface area contributed by atoms with E-state index in [1.807, 2.05) is 6.92 Å². The standard InChI is InChI=1S/C16H16ClN5O4S/c1-9-11-7-19-15(17)6-13(11)22(20-9)12-4-3-10(5-14(12)26-2)21-27(24,25)8-16(18)23/h3-7,21H,8H2,1-2H3,(H2,18,23). The Balaban J connectivity index is 2.06. The first-order valence-electron chi connectivity index (χ1n) is 7.68. The number of sulfonamides is 1. The molecule has 0 atom stereocenters. The summed E-state index contributed by atoms with van der Waals surface area (Å²) in [5, 5.41) is 5.64. The number of aryl methyl sites for hydroxylation is 1. The molecule has 142 valence electrons. The minimum atomic E-state index is -3.90. The van der Waals surface area contributed by atoms with E-state index in [-0.39, 0.29) is 5.69 Å². The van der Waals surface area contributed by atoms with Crippen LogP contribution in [0.15, 0.2) is 30.5 Å². The Labute approximate surface area is 160 Å². The van der Waals surface area contributed by atoms with Crippen molar-refractivity contribution >= 4 is 44.1 Å². The molecule has 3 rings (SSSR count). The number of ether oxygens (including phenoxy) is 1. The molecule has 0 fully saturated rings. The van der Waals surface area contributed by atoms with Crippen LogP contribution in [0, 0.1) is 6.92 Å². The molecule has 11 heteroatoms. The number of nitrogens with two attached hydrogens (primary N) is 1. The fourth-order valence-electron chi connectivity index (χ4n) is 2.63. The van der Waals surface area contributed by atoms with E-state index in [4.69, 9.17) is 22.1 Å². The number of aromatic nitrogens is 3. The van der Waals surface area contributed by atoms with Crippen LogP contribution in [-0.4, -0.2) is 42.0 Å². The van der Waals surface area contributed by atoms with Gasteiger partial charge in [0.15, 0.2) is 0 Å². The number of primary amides is 1. The summed E-state index contributed by atoms with van der Waals surface area (Å²) in [5.41, 5.74) is 7.23. The first-order chi connectivity index (χ1) is 12.7. The Morgan fingerprint density at radius 3 is 2.78 bits per heavy atom. The van der Waals surface area contributed by atoms with Gasteiger partial charge in [-0.2, -0.15) is 5.10 Å². The number of amides is 1. The van der Waals surface area contributed by atoms with Crippen molar-refractivity contribution in [2.24, 2.45) is 5.73 Å². The van der Waals surface area contributed by atoms with Crippen LogP contribution in [0.2, 0.25) is 5.15 Å². The fraction of sp³-hybridized carbons (Fsp3) is 0.188. The van der Waals surface area contributed by atoms with Crippen LogP contribution in [0.25, 0.3) is 16.6 Å². The average Bonchev–Trinajstić information content (AvgIpc) is 2.89. The summed E-state index contributed by atoms with van der Waals surface area (Å²) < 4.78 is 33.1. The van der Waals surface area contributed by atoms with E-state index in [9.17, 15) is 13.2 Å². The first kappa shape index (κ1) is 18.9. The number of pyridine rings is 1. The Morgan fingerprint density at radius 1 is 1.37 bits per heavy atom. The number of hydrogen-bond acceptors (Lipinski definition) is 6. The van der Waals surface area contributed by atoms with Crippen LogP contribution in [0.3, 0.4) is 0 Å². The zero-order valence-corrected chi connectivity index (χ0v) is 16.0. The molecule has 0 unspecified atom stereocenters. The number of halogens is 1. The lowest BCUT2D eigenvalue weighted by molar-refractivity contribution is -0.115. The fourth-order valence-corrected chi connectivity index (χ4v) is 3.72. The second-order valence-electron chi connectivity index (χ2n) is 5.74. The summed E-state index contributed by atoms with van der Waals surface area (Å²) in [6.45, 7) is 1.84. The van der Waals surface area contributed by atoms with Crippen LogP contribution in [-0.2, 0) is 14.8 Å². The summed E-state index contributed by atoms with van der Waals surface area (Å²) in [5.74, 6) is -1.40. The van der Waals surface area contributed by atoms with Crippen LogP contribution in [0.4, 0.5) is 5.69 Å². The number of benzene rings is 1. The first-order valence-corrected chi connectivity index (χ1v) is 9.71. The summed E-state index contributed by atoms with van der Waals surface area (Å²) in [6.07, 6.45) is 1.63. The van der Waals surface area contributed by atoms with Crippen molar-refractivity contribution in [2.75, 3.05) is 17.6 Å². The van der Waals surface area contributed by atoms with E-state index < -0.39 is 21.7 Å².